The van der Waals surface area contributed by atoms with Crippen molar-refractivity contribution in [3.8, 4) is 0 Å². The van der Waals surface area contributed by atoms with Gasteiger partial charge < -0.3 is 5.32 Å². The first-order valence-corrected chi connectivity index (χ1v) is 5.47. The average Bonchev–Trinajstić information content (AvgIpc) is 2.17. The Kier molecular flexibility index (Phi) is 4.20. The molecule has 1 aromatic carbocycles. The molecule has 15 heavy (non-hydrogen) atoms. The maximum absolute atomic E-state index is 13.3. The predicted octanol–water partition coefficient (Wildman–Crippen LogP) is 2.54. The van der Waals surface area contributed by atoms with E-state index in [0.29, 0.717) is 0 Å². The van der Waals surface area contributed by atoms with Gasteiger partial charge >= 0.3 is 0 Å². The molecule has 82 valence electrons. The highest BCUT2D eigenvalue weighted by Crippen LogP contribution is 2.19. The van der Waals surface area contributed by atoms with Crippen molar-refractivity contribution in [3.63, 3.8) is 0 Å². The van der Waals surface area contributed by atoms with Crippen molar-refractivity contribution >= 4 is 21.8 Å². The SMILES string of the molecule is C[C@H](NC(=O)CBr)c1c(F)cccc1F. The number of rotatable bonds is 3. The van der Waals surface area contributed by atoms with Crippen LogP contribution in [0.5, 0.6) is 0 Å². The van der Waals surface area contributed by atoms with Crippen LogP contribution in [-0.2, 0) is 4.79 Å². The molecule has 1 aromatic rings. The van der Waals surface area contributed by atoms with E-state index >= 15 is 0 Å². The molecule has 0 heterocycles. The number of nitrogens with one attached hydrogen (secondary N) is 1. The van der Waals surface area contributed by atoms with Crippen molar-refractivity contribution in [1.82, 2.24) is 5.32 Å². The third-order valence-electron chi connectivity index (χ3n) is 1.93. The molecule has 0 aromatic heterocycles. The van der Waals surface area contributed by atoms with Crippen molar-refractivity contribution in [2.75, 3.05) is 5.33 Å². The van der Waals surface area contributed by atoms with E-state index in [2.05, 4.69) is 21.2 Å². The second-order valence-electron chi connectivity index (χ2n) is 3.06. The van der Waals surface area contributed by atoms with Crippen LogP contribution in [0.2, 0.25) is 0 Å². The minimum atomic E-state index is -0.684. The van der Waals surface area contributed by atoms with Gasteiger partial charge in [0.25, 0.3) is 0 Å². The number of halogens is 3. The molecule has 2 nitrogen and oxygen atoms in total. The van der Waals surface area contributed by atoms with Crippen LogP contribution in [0, 0.1) is 11.6 Å². The van der Waals surface area contributed by atoms with Crippen molar-refractivity contribution < 1.29 is 13.6 Å². The molecule has 1 rings (SSSR count). The topological polar surface area (TPSA) is 29.1 Å². The highest BCUT2D eigenvalue weighted by Gasteiger charge is 2.16. The molecule has 0 fully saturated rings. The van der Waals surface area contributed by atoms with Gasteiger partial charge in [0, 0.05) is 5.56 Å². The Labute approximate surface area is 94.8 Å². The van der Waals surface area contributed by atoms with Crippen molar-refractivity contribution in [2.45, 2.75) is 13.0 Å². The van der Waals surface area contributed by atoms with E-state index in [1.54, 1.807) is 0 Å². The van der Waals surface area contributed by atoms with Crippen molar-refractivity contribution in [2.24, 2.45) is 0 Å². The summed E-state index contributed by atoms with van der Waals surface area (Å²) in [4.78, 5) is 11.0. The summed E-state index contributed by atoms with van der Waals surface area (Å²) < 4.78 is 26.5. The van der Waals surface area contributed by atoms with Crippen LogP contribution in [0.15, 0.2) is 18.2 Å². The van der Waals surface area contributed by atoms with Gasteiger partial charge in [0.2, 0.25) is 5.91 Å². The summed E-state index contributed by atoms with van der Waals surface area (Å²) in [7, 11) is 0. The van der Waals surface area contributed by atoms with E-state index in [1.807, 2.05) is 0 Å². The first-order chi connectivity index (χ1) is 7.06. The lowest BCUT2D eigenvalue weighted by atomic mass is 10.1. The smallest absolute Gasteiger partial charge is 0.231 e. The average molecular weight is 278 g/mol. The summed E-state index contributed by atoms with van der Waals surface area (Å²) in [6.07, 6.45) is 0. The summed E-state index contributed by atoms with van der Waals surface area (Å²) in [6, 6.07) is 2.92. The Hall–Kier alpha value is -0.970. The Balaban J connectivity index is 2.90. The van der Waals surface area contributed by atoms with Crippen LogP contribution in [0.25, 0.3) is 0 Å². The number of carbonyl (C=O) groups is 1. The van der Waals surface area contributed by atoms with Gasteiger partial charge in [-0.25, -0.2) is 8.78 Å². The van der Waals surface area contributed by atoms with Crippen LogP contribution >= 0.6 is 15.9 Å². The molecule has 0 spiro atoms. The molecule has 0 saturated heterocycles. The van der Waals surface area contributed by atoms with Gasteiger partial charge in [-0.15, -0.1) is 0 Å². The maximum Gasteiger partial charge on any atom is 0.231 e. The number of alkyl halides is 1. The Morgan fingerprint density at radius 1 is 1.47 bits per heavy atom. The van der Waals surface area contributed by atoms with Crippen LogP contribution in [0.1, 0.15) is 18.5 Å². The highest BCUT2D eigenvalue weighted by atomic mass is 79.9. The van der Waals surface area contributed by atoms with Gasteiger partial charge in [0.1, 0.15) is 11.6 Å². The van der Waals surface area contributed by atoms with Gasteiger partial charge in [0.15, 0.2) is 0 Å². The zero-order valence-electron chi connectivity index (χ0n) is 8.06. The lowest BCUT2D eigenvalue weighted by Crippen LogP contribution is -2.28. The van der Waals surface area contributed by atoms with Crippen molar-refractivity contribution in [3.05, 3.63) is 35.4 Å². The molecular weight excluding hydrogens is 268 g/mol. The summed E-state index contributed by atoms with van der Waals surface area (Å²) in [6.45, 7) is 1.53. The molecule has 1 atom stereocenters. The first-order valence-electron chi connectivity index (χ1n) is 4.35. The normalized spacial score (nSPS) is 12.3. The fourth-order valence-electron chi connectivity index (χ4n) is 1.28. The van der Waals surface area contributed by atoms with E-state index in [9.17, 15) is 13.6 Å². The quantitative estimate of drug-likeness (QED) is 0.846. The summed E-state index contributed by atoms with van der Waals surface area (Å²) in [5.74, 6) is -1.63. The largest absolute Gasteiger partial charge is 0.349 e. The second-order valence-corrected chi connectivity index (χ2v) is 3.62. The molecule has 5 heteroatoms. The molecular formula is C10H10BrF2NO. The Morgan fingerprint density at radius 2 is 2.00 bits per heavy atom. The predicted molar refractivity (Wildman–Crippen MR) is 56.7 cm³/mol. The first kappa shape index (κ1) is 12.1. The number of carbonyl (C=O) groups excluding carboxylic acids is 1. The second kappa shape index (κ2) is 5.21. The number of hydrogen-bond acceptors (Lipinski definition) is 1. The number of amides is 1. The fourth-order valence-corrected chi connectivity index (χ4v) is 1.44. The third-order valence-corrected chi connectivity index (χ3v) is 2.44. The summed E-state index contributed by atoms with van der Waals surface area (Å²) >= 11 is 2.95. The minimum Gasteiger partial charge on any atom is -0.349 e. The van der Waals surface area contributed by atoms with E-state index in [0.717, 1.165) is 12.1 Å². The van der Waals surface area contributed by atoms with Crippen molar-refractivity contribution in [1.29, 1.82) is 0 Å². The Bertz CT molecular complexity index is 350. The molecule has 0 saturated carbocycles. The zero-order chi connectivity index (χ0) is 11.4. The van der Waals surface area contributed by atoms with Gasteiger partial charge in [-0.1, -0.05) is 22.0 Å². The minimum absolute atomic E-state index is 0.105. The monoisotopic (exact) mass is 277 g/mol. The molecule has 0 radical (unpaired) electrons. The summed E-state index contributed by atoms with van der Waals surface area (Å²) in [5, 5.41) is 2.57. The standard InChI is InChI=1S/C10H10BrF2NO/c1-6(14-9(15)5-11)10-7(12)3-2-4-8(10)13/h2-4,6H,5H2,1H3,(H,14,15)/t6-/m0/s1. The highest BCUT2D eigenvalue weighted by molar-refractivity contribution is 9.09. The van der Waals surface area contributed by atoms with Crippen LogP contribution < -0.4 is 5.32 Å². The lowest BCUT2D eigenvalue weighted by molar-refractivity contribution is -0.119. The molecule has 1 N–H and O–H groups in total. The van der Waals surface area contributed by atoms with E-state index in [-0.39, 0.29) is 16.8 Å². The molecule has 0 aliphatic carbocycles. The lowest BCUT2D eigenvalue weighted by Gasteiger charge is -2.14. The van der Waals surface area contributed by atoms with Crippen LogP contribution in [0.3, 0.4) is 0 Å². The Morgan fingerprint density at radius 3 is 2.47 bits per heavy atom. The van der Waals surface area contributed by atoms with E-state index in [1.165, 1.54) is 13.0 Å². The number of hydrogen-bond donors (Lipinski definition) is 1. The third kappa shape index (κ3) is 2.99. The van der Waals surface area contributed by atoms with Gasteiger partial charge in [0.05, 0.1) is 11.4 Å². The van der Waals surface area contributed by atoms with Gasteiger partial charge in [-0.3, -0.25) is 4.79 Å². The maximum atomic E-state index is 13.3. The zero-order valence-corrected chi connectivity index (χ0v) is 9.64. The molecule has 0 aliphatic heterocycles. The van der Waals surface area contributed by atoms with Gasteiger partial charge in [-0.2, -0.15) is 0 Å². The number of benzene rings is 1. The van der Waals surface area contributed by atoms with E-state index < -0.39 is 17.7 Å². The molecule has 0 bridgehead atoms. The van der Waals surface area contributed by atoms with Crippen LogP contribution in [-0.4, -0.2) is 11.2 Å². The fraction of sp³-hybridized carbons (Fsp3) is 0.300. The molecule has 0 aliphatic rings. The molecule has 1 amide bonds. The molecule has 0 unspecified atom stereocenters. The summed E-state index contributed by atoms with van der Waals surface area (Å²) in [5.41, 5.74) is -0.119. The van der Waals surface area contributed by atoms with E-state index in [4.69, 9.17) is 0 Å². The van der Waals surface area contributed by atoms with Crippen LogP contribution in [0.4, 0.5) is 8.78 Å². The van der Waals surface area contributed by atoms with Gasteiger partial charge in [-0.05, 0) is 19.1 Å².